The summed E-state index contributed by atoms with van der Waals surface area (Å²) in [5.41, 5.74) is 2.51. The van der Waals surface area contributed by atoms with E-state index in [2.05, 4.69) is 9.97 Å². The van der Waals surface area contributed by atoms with E-state index in [1.165, 1.54) is 12.8 Å². The Hall–Kier alpha value is -5.37. The van der Waals surface area contributed by atoms with Crippen molar-refractivity contribution in [2.75, 3.05) is 21.3 Å². The van der Waals surface area contributed by atoms with Crippen molar-refractivity contribution in [3.05, 3.63) is 77.3 Å². The summed E-state index contributed by atoms with van der Waals surface area (Å²) < 4.78 is 30.8. The van der Waals surface area contributed by atoms with Crippen molar-refractivity contribution < 1.29 is 43.5 Å². The zero-order chi connectivity index (χ0) is 34.8. The fourth-order valence-electron chi connectivity index (χ4n) is 5.12. The van der Waals surface area contributed by atoms with Gasteiger partial charge in [0.2, 0.25) is 0 Å². The normalized spacial score (nSPS) is 13.3. The van der Waals surface area contributed by atoms with Gasteiger partial charge < -0.3 is 43.4 Å². The number of benzene rings is 2. The maximum Gasteiger partial charge on any atom is 0.328 e. The SMILES string of the molecule is COc1ccc(COC(C)(C)c2nc3c([nH]2)c(=N)ncn3Cc2ccc(OC)c(OC3CCCC3)c2)cc1OC.O=C(O)/C=C/C(=O)O. The van der Waals surface area contributed by atoms with E-state index in [9.17, 15) is 9.59 Å². The molecule has 14 nitrogen and oxygen atoms in total. The molecule has 2 aromatic heterocycles. The molecule has 1 fully saturated rings. The van der Waals surface area contributed by atoms with E-state index >= 15 is 0 Å². The number of nitrogens with one attached hydrogen (secondary N) is 2. The summed E-state index contributed by atoms with van der Waals surface area (Å²) in [4.78, 5) is 31.6. The fourth-order valence-corrected chi connectivity index (χ4v) is 5.12. The van der Waals surface area contributed by atoms with E-state index in [1.807, 2.05) is 54.8 Å². The number of aromatic nitrogens is 4. The van der Waals surface area contributed by atoms with Gasteiger partial charge in [-0.1, -0.05) is 12.1 Å². The number of ether oxygens (including phenoxy) is 5. The van der Waals surface area contributed by atoms with Gasteiger partial charge in [-0.05, 0) is 74.9 Å². The Kier molecular flexibility index (Phi) is 11.8. The minimum atomic E-state index is -1.26. The van der Waals surface area contributed by atoms with Crippen LogP contribution in [-0.2, 0) is 33.1 Å². The lowest BCUT2D eigenvalue weighted by molar-refractivity contribution is -0.134. The average Bonchev–Trinajstić information content (AvgIpc) is 3.76. The van der Waals surface area contributed by atoms with Crippen LogP contribution in [0.1, 0.15) is 56.5 Å². The minimum Gasteiger partial charge on any atom is -0.493 e. The van der Waals surface area contributed by atoms with Crippen molar-refractivity contribution in [3.63, 3.8) is 0 Å². The quantitative estimate of drug-likeness (QED) is 0.144. The second-order valence-corrected chi connectivity index (χ2v) is 11.5. The van der Waals surface area contributed by atoms with Crippen LogP contribution in [0.3, 0.4) is 0 Å². The number of carboxylic acid groups (broad SMARTS) is 2. The smallest absolute Gasteiger partial charge is 0.328 e. The van der Waals surface area contributed by atoms with E-state index in [4.69, 9.17) is 44.3 Å². The zero-order valence-corrected chi connectivity index (χ0v) is 27.6. The second-order valence-electron chi connectivity index (χ2n) is 11.5. The van der Waals surface area contributed by atoms with Crippen LogP contribution in [0.15, 0.2) is 54.9 Å². The first kappa shape index (κ1) is 35.5. The van der Waals surface area contributed by atoms with E-state index < -0.39 is 17.5 Å². The monoisotopic (exact) mass is 663 g/mol. The molecule has 1 aliphatic rings. The third kappa shape index (κ3) is 9.12. The first-order chi connectivity index (χ1) is 22.9. The highest BCUT2D eigenvalue weighted by Crippen LogP contribution is 2.33. The number of aromatic amines is 1. The summed E-state index contributed by atoms with van der Waals surface area (Å²) in [5, 5.41) is 24.0. The number of hydrogen-bond acceptors (Lipinski definition) is 10. The summed E-state index contributed by atoms with van der Waals surface area (Å²) >= 11 is 0. The first-order valence-corrected chi connectivity index (χ1v) is 15.3. The van der Waals surface area contributed by atoms with Gasteiger partial charge in [-0.3, -0.25) is 5.41 Å². The zero-order valence-electron chi connectivity index (χ0n) is 27.6. The van der Waals surface area contributed by atoms with Crippen LogP contribution < -0.4 is 24.4 Å². The molecule has 4 N–H and O–H groups in total. The van der Waals surface area contributed by atoms with Gasteiger partial charge in [0.15, 0.2) is 34.1 Å². The lowest BCUT2D eigenvalue weighted by atomic mass is 10.1. The molecule has 0 amide bonds. The molecule has 1 aliphatic carbocycles. The summed E-state index contributed by atoms with van der Waals surface area (Å²) in [6.07, 6.45) is 7.51. The molecule has 0 spiro atoms. The first-order valence-electron chi connectivity index (χ1n) is 15.3. The highest BCUT2D eigenvalue weighted by molar-refractivity contribution is 5.89. The van der Waals surface area contributed by atoms with Crippen LogP contribution in [-0.4, -0.2) is 69.1 Å². The van der Waals surface area contributed by atoms with Crippen molar-refractivity contribution >= 4 is 23.1 Å². The largest absolute Gasteiger partial charge is 0.493 e. The molecule has 0 saturated heterocycles. The van der Waals surface area contributed by atoms with Crippen LogP contribution in [0, 0.1) is 5.41 Å². The van der Waals surface area contributed by atoms with Crippen LogP contribution >= 0.6 is 0 Å². The van der Waals surface area contributed by atoms with Crippen molar-refractivity contribution in [2.45, 2.75) is 64.4 Å². The van der Waals surface area contributed by atoms with Crippen LogP contribution in [0.5, 0.6) is 23.0 Å². The standard InChI is InChI=1S/C30H37N5O5.C4H4O4/c1-30(2,39-17-20-11-13-22(36-3)24(15-20)38-5)29-33-26-27(31)32-18-35(28(26)34-29)16-19-10-12-23(37-4)25(14-19)40-21-8-6-7-9-21;5-3(6)1-2-4(7)8/h10-15,18,21,31H,6-9,16-17H2,1-5H3,(H,33,34);1-2H,(H,5,6)(H,7,8)/b;2-1+. The Morgan fingerprint density at radius 3 is 2.12 bits per heavy atom. The molecule has 0 aliphatic heterocycles. The molecule has 14 heteroatoms. The van der Waals surface area contributed by atoms with E-state index in [0.717, 1.165) is 35.5 Å². The molecule has 48 heavy (non-hydrogen) atoms. The van der Waals surface area contributed by atoms with Crippen LogP contribution in [0.2, 0.25) is 0 Å². The Labute approximate surface area is 277 Å². The number of carbonyl (C=O) groups is 2. The summed E-state index contributed by atoms with van der Waals surface area (Å²) in [6, 6.07) is 11.7. The average molecular weight is 664 g/mol. The third-order valence-corrected chi connectivity index (χ3v) is 7.68. The lowest BCUT2D eigenvalue weighted by Crippen LogP contribution is -2.23. The van der Waals surface area contributed by atoms with Gasteiger partial charge >= 0.3 is 11.9 Å². The van der Waals surface area contributed by atoms with Crippen LogP contribution in [0.25, 0.3) is 11.2 Å². The number of hydrogen-bond donors (Lipinski definition) is 4. The van der Waals surface area contributed by atoms with Crippen molar-refractivity contribution in [1.82, 2.24) is 19.5 Å². The second kappa shape index (κ2) is 16.0. The van der Waals surface area contributed by atoms with Crippen molar-refractivity contribution in [2.24, 2.45) is 0 Å². The third-order valence-electron chi connectivity index (χ3n) is 7.68. The minimum absolute atomic E-state index is 0.126. The molecule has 0 bridgehead atoms. The Bertz CT molecular complexity index is 1810. The molecule has 5 rings (SSSR count). The fraction of sp³-hybridized carbons (Fsp3) is 0.382. The van der Waals surface area contributed by atoms with Gasteiger partial charge in [-0.25, -0.2) is 19.6 Å². The molecule has 2 heterocycles. The number of imidazole rings is 1. The number of aliphatic carboxylic acids is 2. The topological polar surface area (TPSA) is 191 Å². The number of rotatable bonds is 13. The van der Waals surface area contributed by atoms with Gasteiger partial charge in [0, 0.05) is 12.2 Å². The number of H-pyrrole nitrogens is 1. The van der Waals surface area contributed by atoms with Gasteiger partial charge in [-0.15, -0.1) is 0 Å². The summed E-state index contributed by atoms with van der Waals surface area (Å²) in [6.45, 7) is 4.74. The van der Waals surface area contributed by atoms with E-state index in [1.54, 1.807) is 27.7 Å². The number of nitrogens with zero attached hydrogens (tertiary/aromatic N) is 3. The lowest BCUT2D eigenvalue weighted by Gasteiger charge is -2.23. The number of fused-ring (bicyclic) bond motifs is 1. The number of carboxylic acids is 2. The van der Waals surface area contributed by atoms with E-state index in [-0.39, 0.29) is 11.6 Å². The molecule has 0 atom stereocenters. The summed E-state index contributed by atoms with van der Waals surface area (Å²) in [7, 11) is 4.88. The van der Waals surface area contributed by atoms with Gasteiger partial charge in [0.05, 0.1) is 46.9 Å². The van der Waals surface area contributed by atoms with E-state index in [0.29, 0.717) is 53.8 Å². The van der Waals surface area contributed by atoms with Gasteiger partial charge in [0.1, 0.15) is 16.9 Å². The summed E-state index contributed by atoms with van der Waals surface area (Å²) in [5.74, 6) is 0.878. The highest BCUT2D eigenvalue weighted by atomic mass is 16.5. The number of methoxy groups -OCH3 is 3. The molecule has 2 aromatic carbocycles. The molecular weight excluding hydrogens is 622 g/mol. The molecule has 4 aromatic rings. The molecule has 1 saturated carbocycles. The molecule has 0 unspecified atom stereocenters. The maximum absolute atomic E-state index is 9.55. The molecule has 0 radical (unpaired) electrons. The Morgan fingerprint density at radius 2 is 1.52 bits per heavy atom. The Morgan fingerprint density at radius 1 is 0.938 bits per heavy atom. The predicted molar refractivity (Wildman–Crippen MR) is 174 cm³/mol. The van der Waals surface area contributed by atoms with Gasteiger partial charge in [0.25, 0.3) is 0 Å². The predicted octanol–water partition coefficient (Wildman–Crippen LogP) is 4.80. The van der Waals surface area contributed by atoms with Crippen LogP contribution in [0.4, 0.5) is 0 Å². The van der Waals surface area contributed by atoms with Crippen molar-refractivity contribution in [3.8, 4) is 23.0 Å². The molecule has 256 valence electrons. The van der Waals surface area contributed by atoms with Crippen molar-refractivity contribution in [1.29, 1.82) is 5.41 Å². The Balaban J connectivity index is 0.000000579. The van der Waals surface area contributed by atoms with Gasteiger partial charge in [-0.2, -0.15) is 0 Å². The maximum atomic E-state index is 9.55. The molecular formula is C34H41N5O9. The highest BCUT2D eigenvalue weighted by Gasteiger charge is 2.27.